The van der Waals surface area contributed by atoms with E-state index in [2.05, 4.69) is 16.9 Å². The molecule has 0 unspecified atom stereocenters. The summed E-state index contributed by atoms with van der Waals surface area (Å²) in [5.41, 5.74) is 1.46. The number of aromatic nitrogens is 2. The van der Waals surface area contributed by atoms with Gasteiger partial charge in [-0.25, -0.2) is 4.98 Å². The van der Waals surface area contributed by atoms with Gasteiger partial charge < -0.3 is 9.88 Å². The van der Waals surface area contributed by atoms with Crippen LogP contribution in [-0.2, 0) is 6.54 Å². The van der Waals surface area contributed by atoms with Gasteiger partial charge in [-0.2, -0.15) is 10.5 Å². The van der Waals surface area contributed by atoms with E-state index in [0.29, 0.717) is 18.3 Å². The predicted molar refractivity (Wildman–Crippen MR) is 61.8 cm³/mol. The van der Waals surface area contributed by atoms with Crippen LogP contribution in [-0.4, -0.2) is 22.1 Å². The Hall–Kier alpha value is -2.11. The Labute approximate surface area is 100.0 Å². The Morgan fingerprint density at radius 2 is 2.29 bits per heavy atom. The molecule has 0 aliphatic heterocycles. The molecule has 0 bridgehead atoms. The van der Waals surface area contributed by atoms with E-state index >= 15 is 0 Å². The van der Waals surface area contributed by atoms with Gasteiger partial charge in [0, 0.05) is 19.1 Å². The maximum Gasteiger partial charge on any atom is 0.176 e. The van der Waals surface area contributed by atoms with Crippen molar-refractivity contribution >= 4 is 0 Å². The van der Waals surface area contributed by atoms with Crippen LogP contribution in [0.2, 0.25) is 0 Å². The van der Waals surface area contributed by atoms with Crippen LogP contribution in [0.3, 0.4) is 0 Å². The zero-order valence-corrected chi connectivity index (χ0v) is 9.48. The first kappa shape index (κ1) is 11.4. The number of hydrogen-bond donors (Lipinski definition) is 1. The second kappa shape index (κ2) is 4.82. The van der Waals surface area contributed by atoms with Crippen LogP contribution in [0.25, 0.3) is 0 Å². The van der Waals surface area contributed by atoms with Crippen LogP contribution in [0, 0.1) is 22.7 Å². The first-order valence-electron chi connectivity index (χ1n) is 5.50. The maximum atomic E-state index is 8.95. The number of rotatable bonds is 5. The third-order valence-electron chi connectivity index (χ3n) is 2.66. The molecule has 1 saturated carbocycles. The molecule has 1 aromatic rings. The summed E-state index contributed by atoms with van der Waals surface area (Å²) >= 11 is 0. The number of hydrogen-bond acceptors (Lipinski definition) is 4. The van der Waals surface area contributed by atoms with Gasteiger partial charge in [-0.1, -0.05) is 6.58 Å². The number of nitrogens with zero attached hydrogens (tertiary/aromatic N) is 4. The second-order valence-electron chi connectivity index (χ2n) is 4.20. The first-order chi connectivity index (χ1) is 8.24. The van der Waals surface area contributed by atoms with Crippen molar-refractivity contribution in [1.82, 2.24) is 14.9 Å². The third-order valence-corrected chi connectivity index (χ3v) is 2.66. The molecule has 1 N–H and O–H groups in total. The number of imidazole rings is 1. The summed E-state index contributed by atoms with van der Waals surface area (Å²) in [6.07, 6.45) is 3.99. The van der Waals surface area contributed by atoms with Gasteiger partial charge in [-0.05, 0) is 18.4 Å². The van der Waals surface area contributed by atoms with E-state index in [0.717, 1.165) is 12.1 Å². The lowest BCUT2D eigenvalue weighted by atomic mass is 10.2. The highest BCUT2D eigenvalue weighted by Crippen LogP contribution is 2.18. The Balaban J connectivity index is 1.98. The Morgan fingerprint density at radius 3 is 2.88 bits per heavy atom. The largest absolute Gasteiger partial charge is 0.317 e. The van der Waals surface area contributed by atoms with Crippen LogP contribution in [0.15, 0.2) is 18.5 Å². The average Bonchev–Trinajstić information content (AvgIpc) is 3.08. The molecule has 86 valence electrons. The molecule has 0 spiro atoms. The molecule has 1 heterocycles. The summed E-state index contributed by atoms with van der Waals surface area (Å²) in [5, 5.41) is 21.1. The summed E-state index contributed by atoms with van der Waals surface area (Å²) in [6, 6.07) is 4.53. The zero-order chi connectivity index (χ0) is 12.3. The number of nitrogens with one attached hydrogen (secondary N) is 1. The lowest BCUT2D eigenvalue weighted by Crippen LogP contribution is -2.21. The molecule has 5 nitrogen and oxygen atoms in total. The molecule has 0 saturated heterocycles. The highest BCUT2D eigenvalue weighted by atomic mass is 15.1. The van der Waals surface area contributed by atoms with E-state index < -0.39 is 0 Å². The van der Waals surface area contributed by atoms with Crippen molar-refractivity contribution in [2.24, 2.45) is 0 Å². The predicted octanol–water partition coefficient (Wildman–Crippen LogP) is 0.935. The highest BCUT2D eigenvalue weighted by molar-refractivity contribution is 5.36. The van der Waals surface area contributed by atoms with Crippen LogP contribution < -0.4 is 5.32 Å². The van der Waals surface area contributed by atoms with E-state index in [1.54, 1.807) is 4.57 Å². The number of nitriles is 2. The zero-order valence-electron chi connectivity index (χ0n) is 9.48. The summed E-state index contributed by atoms with van der Waals surface area (Å²) in [5.74, 6) is 0. The minimum absolute atomic E-state index is 0.176. The van der Waals surface area contributed by atoms with Gasteiger partial charge in [0.15, 0.2) is 11.4 Å². The van der Waals surface area contributed by atoms with Crippen LogP contribution in [0.5, 0.6) is 0 Å². The molecule has 17 heavy (non-hydrogen) atoms. The fourth-order valence-corrected chi connectivity index (χ4v) is 1.57. The van der Waals surface area contributed by atoms with Crippen LogP contribution in [0.1, 0.15) is 24.2 Å². The second-order valence-corrected chi connectivity index (χ2v) is 4.20. The lowest BCUT2D eigenvalue weighted by Gasteiger charge is -2.08. The minimum atomic E-state index is 0.176. The van der Waals surface area contributed by atoms with Gasteiger partial charge in [0.25, 0.3) is 0 Å². The minimum Gasteiger partial charge on any atom is -0.317 e. The van der Waals surface area contributed by atoms with Crippen molar-refractivity contribution in [3.05, 3.63) is 29.9 Å². The van der Waals surface area contributed by atoms with Crippen molar-refractivity contribution in [3.8, 4) is 12.1 Å². The van der Waals surface area contributed by atoms with Crippen molar-refractivity contribution in [3.63, 3.8) is 0 Å². The van der Waals surface area contributed by atoms with Gasteiger partial charge in [0.2, 0.25) is 0 Å². The van der Waals surface area contributed by atoms with Gasteiger partial charge in [-0.15, -0.1) is 0 Å². The quantitative estimate of drug-likeness (QED) is 0.759. The Kier molecular flexibility index (Phi) is 3.22. The molecule has 1 aliphatic rings. The molecule has 1 fully saturated rings. The van der Waals surface area contributed by atoms with E-state index in [1.165, 1.54) is 19.2 Å². The molecule has 2 rings (SSSR count). The standard InChI is InChI=1S/C12H13N5/c1-9(6-15-10-2-3-10)7-17-8-16-11(4-13)12(17)5-14/h8,10,15H,1-3,6-7H2. The van der Waals surface area contributed by atoms with Gasteiger partial charge in [0.1, 0.15) is 12.1 Å². The summed E-state index contributed by atoms with van der Waals surface area (Å²) in [4.78, 5) is 3.88. The molecule has 0 radical (unpaired) electrons. The first-order valence-corrected chi connectivity index (χ1v) is 5.50. The highest BCUT2D eigenvalue weighted by Gasteiger charge is 2.20. The smallest absolute Gasteiger partial charge is 0.176 e. The fraction of sp³-hybridized carbons (Fsp3) is 0.417. The van der Waals surface area contributed by atoms with Crippen LogP contribution >= 0.6 is 0 Å². The molecule has 0 amide bonds. The van der Waals surface area contributed by atoms with Crippen molar-refractivity contribution in [2.45, 2.75) is 25.4 Å². The van der Waals surface area contributed by atoms with Gasteiger partial charge in [-0.3, -0.25) is 0 Å². The topological polar surface area (TPSA) is 77.4 Å². The van der Waals surface area contributed by atoms with Crippen LogP contribution in [0.4, 0.5) is 0 Å². The van der Waals surface area contributed by atoms with E-state index in [9.17, 15) is 0 Å². The van der Waals surface area contributed by atoms with E-state index in [4.69, 9.17) is 10.5 Å². The SMILES string of the molecule is C=C(CNC1CC1)Cn1cnc(C#N)c1C#N. The molecule has 0 aromatic carbocycles. The Morgan fingerprint density at radius 1 is 1.53 bits per heavy atom. The van der Waals surface area contributed by atoms with E-state index in [-0.39, 0.29) is 5.69 Å². The maximum absolute atomic E-state index is 8.95. The normalized spacial score (nSPS) is 14.0. The summed E-state index contributed by atoms with van der Waals surface area (Å²) in [6.45, 7) is 5.23. The van der Waals surface area contributed by atoms with Crippen molar-refractivity contribution in [2.75, 3.05) is 6.54 Å². The van der Waals surface area contributed by atoms with Gasteiger partial charge in [0.05, 0.1) is 6.33 Å². The molecule has 1 aromatic heterocycles. The van der Waals surface area contributed by atoms with Crippen molar-refractivity contribution < 1.29 is 0 Å². The summed E-state index contributed by atoms with van der Waals surface area (Å²) in [7, 11) is 0. The molecule has 5 heteroatoms. The fourth-order valence-electron chi connectivity index (χ4n) is 1.57. The monoisotopic (exact) mass is 227 g/mol. The van der Waals surface area contributed by atoms with Gasteiger partial charge >= 0.3 is 0 Å². The molecule has 1 aliphatic carbocycles. The molecular formula is C12H13N5. The summed E-state index contributed by atoms with van der Waals surface area (Å²) < 4.78 is 1.66. The lowest BCUT2D eigenvalue weighted by molar-refractivity contribution is 0.679. The van der Waals surface area contributed by atoms with Crippen molar-refractivity contribution in [1.29, 1.82) is 10.5 Å². The Bertz CT molecular complexity index is 510. The van der Waals surface area contributed by atoms with E-state index in [1.807, 2.05) is 12.1 Å². The molecule has 0 atom stereocenters. The molecular weight excluding hydrogens is 214 g/mol. The third kappa shape index (κ3) is 2.72. The average molecular weight is 227 g/mol.